The number of hydrogen-bond acceptors (Lipinski definition) is 4. The van der Waals surface area contributed by atoms with Crippen LogP contribution in [0.4, 0.5) is 5.69 Å². The van der Waals surface area contributed by atoms with Gasteiger partial charge in [-0.3, -0.25) is 4.72 Å². The maximum Gasteiger partial charge on any atom is 0.271 e. The zero-order valence-corrected chi connectivity index (χ0v) is 17.7. The van der Waals surface area contributed by atoms with Gasteiger partial charge in [0.1, 0.15) is 4.21 Å². The quantitative estimate of drug-likeness (QED) is 0.434. The van der Waals surface area contributed by atoms with Gasteiger partial charge in [0.25, 0.3) is 10.0 Å². The van der Waals surface area contributed by atoms with Crippen LogP contribution in [0.25, 0.3) is 21.0 Å². The second-order valence-corrected chi connectivity index (χ2v) is 9.98. The molecule has 4 aromatic rings. The van der Waals surface area contributed by atoms with Crippen LogP contribution in [0.3, 0.4) is 0 Å². The predicted molar refractivity (Wildman–Crippen MR) is 118 cm³/mol. The Morgan fingerprint density at radius 2 is 1.89 bits per heavy atom. The van der Waals surface area contributed by atoms with Crippen molar-refractivity contribution in [1.29, 1.82) is 0 Å². The monoisotopic (exact) mass is 413 g/mol. The van der Waals surface area contributed by atoms with Gasteiger partial charge >= 0.3 is 0 Å². The highest BCUT2D eigenvalue weighted by atomic mass is 32.2. The second kappa shape index (κ2) is 7.24. The summed E-state index contributed by atoms with van der Waals surface area (Å²) >= 11 is 1.31. The first kappa shape index (κ1) is 19.0. The maximum absolute atomic E-state index is 13.1. The molecule has 0 aliphatic rings. The van der Waals surface area contributed by atoms with Crippen molar-refractivity contribution in [2.75, 3.05) is 18.3 Å². The van der Waals surface area contributed by atoms with Crippen LogP contribution in [0.2, 0.25) is 0 Å². The summed E-state index contributed by atoms with van der Waals surface area (Å²) in [5, 5.41) is 5.19. The van der Waals surface area contributed by atoms with E-state index in [-0.39, 0.29) is 0 Å². The molecule has 0 saturated heterocycles. The number of fused-ring (bicyclic) bond motifs is 2. The van der Waals surface area contributed by atoms with Crippen LogP contribution in [0.15, 0.2) is 46.8 Å². The maximum atomic E-state index is 13.1. The van der Waals surface area contributed by atoms with Crippen LogP contribution in [0, 0.1) is 13.8 Å². The Balaban J connectivity index is 1.71. The number of aryl methyl sites for hydroxylation is 2. The van der Waals surface area contributed by atoms with Crippen molar-refractivity contribution in [3.8, 4) is 0 Å². The van der Waals surface area contributed by atoms with E-state index in [9.17, 15) is 8.42 Å². The van der Waals surface area contributed by atoms with Gasteiger partial charge in [-0.1, -0.05) is 17.7 Å². The van der Waals surface area contributed by atoms with Gasteiger partial charge in [0, 0.05) is 27.5 Å². The molecule has 0 aliphatic heterocycles. The van der Waals surface area contributed by atoms with Gasteiger partial charge in [-0.15, -0.1) is 11.3 Å². The van der Waals surface area contributed by atoms with Gasteiger partial charge in [0.15, 0.2) is 0 Å². The predicted octanol–water partition coefficient (Wildman–Crippen LogP) is 4.56. The Kier molecular flexibility index (Phi) is 4.91. The number of sulfonamides is 1. The smallest absolute Gasteiger partial charge is 0.271 e. The van der Waals surface area contributed by atoms with Crippen LogP contribution in [0.5, 0.6) is 0 Å². The molecule has 3 N–H and O–H groups in total. The molecular formula is C21H23N3O2S2. The fourth-order valence-electron chi connectivity index (χ4n) is 3.48. The van der Waals surface area contributed by atoms with E-state index >= 15 is 0 Å². The van der Waals surface area contributed by atoms with E-state index in [1.165, 1.54) is 16.9 Å². The molecule has 0 unspecified atom stereocenters. The number of thiophene rings is 1. The van der Waals surface area contributed by atoms with Gasteiger partial charge in [-0.25, -0.2) is 8.42 Å². The molecule has 28 heavy (non-hydrogen) atoms. The molecule has 2 heterocycles. The van der Waals surface area contributed by atoms with Crippen LogP contribution in [-0.2, 0) is 16.4 Å². The standard InChI is InChI=1S/C21H23N3O2S2/c1-13-4-7-20-17(10-13)14(2)21(27-20)28(25,26)24-16-5-6-19-18(11-16)15(12-23-19)8-9-22-3/h4-7,10-12,22-24H,8-9H2,1-3H3. The van der Waals surface area contributed by atoms with Gasteiger partial charge in [-0.05, 0) is 74.6 Å². The molecule has 2 aromatic carbocycles. The molecule has 2 aromatic heterocycles. The van der Waals surface area contributed by atoms with Crippen LogP contribution in [-0.4, -0.2) is 27.0 Å². The Morgan fingerprint density at radius 1 is 1.07 bits per heavy atom. The number of hydrogen-bond donors (Lipinski definition) is 3. The summed E-state index contributed by atoms with van der Waals surface area (Å²) in [5.41, 5.74) is 4.67. The highest BCUT2D eigenvalue weighted by Gasteiger charge is 2.22. The SMILES string of the molecule is CNCCc1c[nH]c2ccc(NS(=O)(=O)c3sc4ccc(C)cc4c3C)cc12. The lowest BCUT2D eigenvalue weighted by Crippen LogP contribution is -2.12. The summed E-state index contributed by atoms with van der Waals surface area (Å²) in [4.78, 5) is 3.25. The Labute approximate surface area is 168 Å². The number of aromatic amines is 1. The third-order valence-electron chi connectivity index (χ3n) is 4.96. The van der Waals surface area contributed by atoms with E-state index in [0.29, 0.717) is 9.90 Å². The highest BCUT2D eigenvalue weighted by Crippen LogP contribution is 2.35. The largest absolute Gasteiger partial charge is 0.361 e. The summed E-state index contributed by atoms with van der Waals surface area (Å²) < 4.78 is 30.3. The molecule has 0 fully saturated rings. The summed E-state index contributed by atoms with van der Waals surface area (Å²) in [6.45, 7) is 4.75. The lowest BCUT2D eigenvalue weighted by molar-refractivity contribution is 0.603. The lowest BCUT2D eigenvalue weighted by Gasteiger charge is -2.08. The van der Waals surface area contributed by atoms with E-state index in [1.54, 1.807) is 6.07 Å². The van der Waals surface area contributed by atoms with Crippen LogP contribution < -0.4 is 10.0 Å². The molecule has 4 rings (SSSR count). The third kappa shape index (κ3) is 3.41. The fourth-order valence-corrected chi connectivity index (χ4v) is 6.28. The molecule has 146 valence electrons. The van der Waals surface area contributed by atoms with Gasteiger partial charge in [0.2, 0.25) is 0 Å². The van der Waals surface area contributed by atoms with Crippen molar-refractivity contribution in [1.82, 2.24) is 10.3 Å². The number of anilines is 1. The summed E-state index contributed by atoms with van der Waals surface area (Å²) in [6, 6.07) is 11.7. The molecule has 0 amide bonds. The topological polar surface area (TPSA) is 74.0 Å². The number of nitrogens with one attached hydrogen (secondary N) is 3. The second-order valence-electron chi connectivity index (χ2n) is 7.05. The van der Waals surface area contributed by atoms with Gasteiger partial charge in [0.05, 0.1) is 0 Å². The summed E-state index contributed by atoms with van der Waals surface area (Å²) in [5.74, 6) is 0. The Hall–Kier alpha value is -2.35. The van der Waals surface area contributed by atoms with Gasteiger partial charge < -0.3 is 10.3 Å². The van der Waals surface area contributed by atoms with E-state index in [0.717, 1.165) is 45.1 Å². The van der Waals surface area contributed by atoms with E-state index in [1.807, 2.05) is 57.4 Å². The van der Waals surface area contributed by atoms with Crippen LogP contribution >= 0.6 is 11.3 Å². The van der Waals surface area contributed by atoms with Crippen molar-refractivity contribution >= 4 is 48.0 Å². The summed E-state index contributed by atoms with van der Waals surface area (Å²) in [6.07, 6.45) is 2.86. The minimum atomic E-state index is -3.65. The molecule has 0 atom stereocenters. The van der Waals surface area contributed by atoms with E-state index < -0.39 is 10.0 Å². The van der Waals surface area contributed by atoms with Crippen molar-refractivity contribution in [2.45, 2.75) is 24.5 Å². The molecule has 0 bridgehead atoms. The number of H-pyrrole nitrogens is 1. The summed E-state index contributed by atoms with van der Waals surface area (Å²) in [7, 11) is -1.73. The van der Waals surface area contributed by atoms with Crippen molar-refractivity contribution in [3.05, 3.63) is 59.3 Å². The third-order valence-corrected chi connectivity index (χ3v) is 8.23. The molecule has 0 saturated carbocycles. The highest BCUT2D eigenvalue weighted by molar-refractivity contribution is 7.94. The van der Waals surface area contributed by atoms with E-state index in [2.05, 4.69) is 15.0 Å². The first-order valence-corrected chi connectivity index (χ1v) is 11.5. The van der Waals surface area contributed by atoms with E-state index in [4.69, 9.17) is 0 Å². The van der Waals surface area contributed by atoms with Crippen molar-refractivity contribution in [3.63, 3.8) is 0 Å². The number of rotatable bonds is 6. The Morgan fingerprint density at radius 3 is 2.68 bits per heavy atom. The van der Waals surface area contributed by atoms with Crippen molar-refractivity contribution < 1.29 is 8.42 Å². The van der Waals surface area contributed by atoms with Crippen LogP contribution in [0.1, 0.15) is 16.7 Å². The normalized spacial score (nSPS) is 12.1. The average Bonchev–Trinajstić information content (AvgIpc) is 3.21. The van der Waals surface area contributed by atoms with Crippen molar-refractivity contribution in [2.24, 2.45) is 0 Å². The lowest BCUT2D eigenvalue weighted by atomic mass is 10.1. The van der Waals surface area contributed by atoms with Gasteiger partial charge in [-0.2, -0.15) is 0 Å². The molecule has 7 heteroatoms. The minimum Gasteiger partial charge on any atom is -0.361 e. The first-order valence-electron chi connectivity index (χ1n) is 9.16. The molecule has 0 spiro atoms. The molecule has 0 radical (unpaired) electrons. The molecule has 5 nitrogen and oxygen atoms in total. The zero-order valence-electron chi connectivity index (χ0n) is 16.1. The number of likely N-dealkylation sites (N-methyl/N-ethyl adjacent to an activating group) is 1. The minimum absolute atomic E-state index is 0.373. The average molecular weight is 414 g/mol. The molecular weight excluding hydrogens is 390 g/mol. The molecule has 0 aliphatic carbocycles. The Bertz CT molecular complexity index is 1270. The fraction of sp³-hybridized carbons (Fsp3) is 0.238. The first-order chi connectivity index (χ1) is 13.4. The number of benzene rings is 2. The number of aromatic nitrogens is 1. The zero-order chi connectivity index (χ0) is 19.9.